The van der Waals surface area contributed by atoms with Crippen LogP contribution in [-0.4, -0.2) is 10.7 Å². The summed E-state index contributed by atoms with van der Waals surface area (Å²) in [6.07, 6.45) is 0.451. The van der Waals surface area contributed by atoms with Gasteiger partial charge in [-0.05, 0) is 52.4 Å². The summed E-state index contributed by atoms with van der Waals surface area (Å²) in [5.74, 6) is -0.217. The van der Waals surface area contributed by atoms with Crippen LogP contribution < -0.4 is 0 Å². The lowest BCUT2D eigenvalue weighted by Crippen LogP contribution is -2.25. The van der Waals surface area contributed by atoms with E-state index in [0.717, 1.165) is 22.8 Å². The summed E-state index contributed by atoms with van der Waals surface area (Å²) in [5.41, 5.74) is 0.939. The molecule has 1 aliphatic rings. The molecule has 0 saturated heterocycles. The Morgan fingerprint density at radius 1 is 1.04 bits per heavy atom. The van der Waals surface area contributed by atoms with Crippen LogP contribution in [0.1, 0.15) is 38.9 Å². The number of hydrogen-bond donors (Lipinski definition) is 1. The minimum Gasteiger partial charge on any atom is -0.457 e. The Balaban J connectivity index is 1.71. The first-order chi connectivity index (χ1) is 11.8. The van der Waals surface area contributed by atoms with Crippen LogP contribution in [0.15, 0.2) is 54.6 Å². The third-order valence-corrected chi connectivity index (χ3v) is 6.48. The highest BCUT2D eigenvalue weighted by Gasteiger charge is 2.65. The zero-order valence-corrected chi connectivity index (χ0v) is 15.6. The zero-order valence-electron chi connectivity index (χ0n) is 14.7. The summed E-state index contributed by atoms with van der Waals surface area (Å²) in [6, 6.07) is 18.8. The lowest BCUT2D eigenvalue weighted by atomic mass is 9.97. The third kappa shape index (κ3) is 2.62. The Hall–Kier alpha value is -2.00. The number of esters is 1. The summed E-state index contributed by atoms with van der Waals surface area (Å²) in [4.78, 5) is 12.6. The van der Waals surface area contributed by atoms with E-state index in [1.165, 1.54) is 10.8 Å². The lowest BCUT2D eigenvalue weighted by Gasteiger charge is -2.20. The van der Waals surface area contributed by atoms with Crippen molar-refractivity contribution in [3.8, 4) is 0 Å². The maximum absolute atomic E-state index is 12.6. The van der Waals surface area contributed by atoms with Crippen LogP contribution in [0.2, 0.25) is 0 Å². The average Bonchev–Trinajstić information content (AvgIpc) is 3.11. The highest BCUT2D eigenvalue weighted by molar-refractivity contribution is 7.83. The zero-order chi connectivity index (χ0) is 17.8. The van der Waals surface area contributed by atoms with Gasteiger partial charge in [0.2, 0.25) is 0 Å². The predicted octanol–water partition coefficient (Wildman–Crippen LogP) is 5.70. The second-order valence-corrected chi connectivity index (χ2v) is 8.50. The molecule has 1 saturated carbocycles. The van der Waals surface area contributed by atoms with Crippen LogP contribution in [0.25, 0.3) is 21.5 Å². The monoisotopic (exact) mass is 350 g/mol. The van der Waals surface area contributed by atoms with Crippen LogP contribution in [0.4, 0.5) is 0 Å². The van der Waals surface area contributed by atoms with E-state index in [1.807, 2.05) is 31.2 Å². The number of carbonyl (C=O) groups excluding carboxylic acids is 1. The van der Waals surface area contributed by atoms with Gasteiger partial charge in [-0.3, -0.25) is 4.79 Å². The molecule has 4 rings (SSSR count). The van der Waals surface area contributed by atoms with Crippen molar-refractivity contribution in [1.29, 1.82) is 0 Å². The van der Waals surface area contributed by atoms with E-state index in [0.29, 0.717) is 0 Å². The van der Waals surface area contributed by atoms with Gasteiger partial charge in [0, 0.05) is 5.56 Å². The molecule has 3 heteroatoms. The van der Waals surface area contributed by atoms with Gasteiger partial charge < -0.3 is 4.74 Å². The third-order valence-electron chi connectivity index (χ3n) is 5.53. The molecule has 1 fully saturated rings. The Labute approximate surface area is 153 Å². The smallest absolute Gasteiger partial charge is 0.323 e. The molecule has 0 bridgehead atoms. The summed E-state index contributed by atoms with van der Waals surface area (Å²) in [6.45, 7) is 6.04. The van der Waals surface area contributed by atoms with Crippen molar-refractivity contribution < 1.29 is 9.53 Å². The first-order valence-electron chi connectivity index (χ1n) is 8.67. The fourth-order valence-electron chi connectivity index (χ4n) is 3.61. The Morgan fingerprint density at radius 3 is 2.28 bits per heavy atom. The van der Waals surface area contributed by atoms with Gasteiger partial charge in [0.1, 0.15) is 10.9 Å². The molecule has 0 spiro atoms. The van der Waals surface area contributed by atoms with E-state index >= 15 is 0 Å². The number of rotatable bonds is 3. The van der Waals surface area contributed by atoms with Crippen molar-refractivity contribution in [2.75, 3.05) is 0 Å². The summed E-state index contributed by atoms with van der Waals surface area (Å²) in [7, 11) is 0. The molecule has 0 radical (unpaired) electrons. The standard InChI is InChI=1S/C22H22O2S/c1-14(24-20(23)22(25)13-21(22,2)3)18-10-6-9-17-11-15-7-4-5-8-16(15)12-19(17)18/h4-12,14,25H,13H2,1-3H3. The largest absolute Gasteiger partial charge is 0.457 e. The molecular weight excluding hydrogens is 328 g/mol. The number of hydrogen-bond acceptors (Lipinski definition) is 3. The van der Waals surface area contributed by atoms with Gasteiger partial charge >= 0.3 is 5.97 Å². The maximum Gasteiger partial charge on any atom is 0.323 e. The molecule has 128 valence electrons. The second kappa shape index (κ2) is 5.50. The van der Waals surface area contributed by atoms with Crippen molar-refractivity contribution >= 4 is 40.1 Å². The molecule has 2 nitrogen and oxygen atoms in total. The first-order valence-corrected chi connectivity index (χ1v) is 9.11. The lowest BCUT2D eigenvalue weighted by molar-refractivity contribution is -0.149. The quantitative estimate of drug-likeness (QED) is 0.373. The number of ether oxygens (including phenoxy) is 1. The van der Waals surface area contributed by atoms with Gasteiger partial charge in [0.05, 0.1) is 0 Å². The Bertz CT molecular complexity index is 992. The maximum atomic E-state index is 12.6. The highest BCUT2D eigenvalue weighted by Crippen LogP contribution is 2.61. The molecule has 0 heterocycles. The minimum absolute atomic E-state index is 0.0954. The van der Waals surface area contributed by atoms with Crippen LogP contribution in [0.3, 0.4) is 0 Å². The Kier molecular flexibility index (Phi) is 3.62. The normalized spacial score (nSPS) is 22.7. The Morgan fingerprint density at radius 2 is 1.64 bits per heavy atom. The number of benzene rings is 3. The fourth-order valence-corrected chi connectivity index (χ4v) is 4.06. The van der Waals surface area contributed by atoms with Gasteiger partial charge in [-0.2, -0.15) is 12.6 Å². The van der Waals surface area contributed by atoms with Gasteiger partial charge in [0.25, 0.3) is 0 Å². The van der Waals surface area contributed by atoms with Crippen LogP contribution in [0, 0.1) is 5.41 Å². The second-order valence-electron chi connectivity index (χ2n) is 7.74. The van der Waals surface area contributed by atoms with Gasteiger partial charge in [0.15, 0.2) is 0 Å². The first kappa shape index (κ1) is 16.5. The van der Waals surface area contributed by atoms with E-state index in [4.69, 9.17) is 4.74 Å². The van der Waals surface area contributed by atoms with Gasteiger partial charge in [-0.1, -0.05) is 56.3 Å². The van der Waals surface area contributed by atoms with E-state index < -0.39 is 4.75 Å². The molecule has 2 unspecified atom stereocenters. The topological polar surface area (TPSA) is 26.3 Å². The molecule has 1 aliphatic carbocycles. The molecule has 0 N–H and O–H groups in total. The fraction of sp³-hybridized carbons (Fsp3) is 0.318. The van der Waals surface area contributed by atoms with Crippen molar-refractivity contribution in [2.45, 2.75) is 38.0 Å². The molecule has 0 aliphatic heterocycles. The van der Waals surface area contributed by atoms with Crippen molar-refractivity contribution in [3.05, 3.63) is 60.2 Å². The average molecular weight is 350 g/mol. The van der Waals surface area contributed by atoms with E-state index in [1.54, 1.807) is 0 Å². The van der Waals surface area contributed by atoms with Gasteiger partial charge in [-0.15, -0.1) is 0 Å². The predicted molar refractivity (Wildman–Crippen MR) is 106 cm³/mol. The minimum atomic E-state index is -0.654. The molecule has 0 aromatic heterocycles. The van der Waals surface area contributed by atoms with Crippen LogP contribution in [-0.2, 0) is 9.53 Å². The summed E-state index contributed by atoms with van der Waals surface area (Å²) < 4.78 is 5.15. The summed E-state index contributed by atoms with van der Waals surface area (Å²) >= 11 is 4.58. The van der Waals surface area contributed by atoms with Gasteiger partial charge in [-0.25, -0.2) is 0 Å². The number of thiol groups is 1. The van der Waals surface area contributed by atoms with Crippen molar-refractivity contribution in [3.63, 3.8) is 0 Å². The van der Waals surface area contributed by atoms with E-state index in [-0.39, 0.29) is 17.5 Å². The molecule has 25 heavy (non-hydrogen) atoms. The molecule has 3 aromatic rings. The van der Waals surface area contributed by atoms with E-state index in [9.17, 15) is 4.79 Å². The van der Waals surface area contributed by atoms with Crippen LogP contribution >= 0.6 is 12.6 Å². The summed E-state index contributed by atoms with van der Waals surface area (Å²) in [5, 5.41) is 4.69. The van der Waals surface area contributed by atoms with E-state index in [2.05, 4.69) is 56.8 Å². The molecule has 0 amide bonds. The highest BCUT2D eigenvalue weighted by atomic mass is 32.1. The number of fused-ring (bicyclic) bond motifs is 2. The molecule has 3 aromatic carbocycles. The molecule has 2 atom stereocenters. The molecular formula is C22H22O2S. The van der Waals surface area contributed by atoms with Crippen molar-refractivity contribution in [2.24, 2.45) is 5.41 Å². The van der Waals surface area contributed by atoms with Crippen LogP contribution in [0.5, 0.6) is 0 Å². The van der Waals surface area contributed by atoms with Crippen molar-refractivity contribution in [1.82, 2.24) is 0 Å². The number of carbonyl (C=O) groups is 1. The SMILES string of the molecule is CC(OC(=O)C1(S)CC1(C)C)c1cccc2cc3ccccc3cc12.